The van der Waals surface area contributed by atoms with Gasteiger partial charge in [0.2, 0.25) is 0 Å². The predicted octanol–water partition coefficient (Wildman–Crippen LogP) is 4.50. The van der Waals surface area contributed by atoms with Crippen molar-refractivity contribution in [3.05, 3.63) is 36.0 Å². The van der Waals surface area contributed by atoms with Gasteiger partial charge >= 0.3 is 0 Å². The summed E-state index contributed by atoms with van der Waals surface area (Å²) in [6.45, 7) is 12.6. The van der Waals surface area contributed by atoms with Gasteiger partial charge in [0.15, 0.2) is 0 Å². The first kappa shape index (κ1) is 12.2. The fourth-order valence-electron chi connectivity index (χ4n) is 1.48. The molecule has 13 heavy (non-hydrogen) atoms. The second-order valence-electron chi connectivity index (χ2n) is 3.59. The van der Waals surface area contributed by atoms with Gasteiger partial charge in [-0.3, -0.25) is 0 Å². The Balaban J connectivity index is 4.87. The molecule has 0 heterocycles. The normalized spacial score (nSPS) is 13.6. The zero-order valence-electron chi connectivity index (χ0n) is 9.43. The molecule has 0 radical (unpaired) electrons. The topological polar surface area (TPSA) is 0 Å². The summed E-state index contributed by atoms with van der Waals surface area (Å²) in [5.74, 6) is 0.593. The molecule has 0 amide bonds. The molecule has 0 atom stereocenters. The molecule has 0 aliphatic heterocycles. The lowest BCUT2D eigenvalue weighted by atomic mass is 9.94. The molecule has 0 aromatic rings. The molecule has 0 aromatic heterocycles. The van der Waals surface area contributed by atoms with E-state index in [0.717, 1.165) is 6.42 Å². The Morgan fingerprint density at radius 3 is 2.31 bits per heavy atom. The smallest absolute Gasteiger partial charge is 0.0216 e. The highest BCUT2D eigenvalue weighted by molar-refractivity contribution is 5.33. The quantitative estimate of drug-likeness (QED) is 0.544. The van der Waals surface area contributed by atoms with Gasteiger partial charge in [-0.2, -0.15) is 0 Å². The van der Waals surface area contributed by atoms with Gasteiger partial charge in [-0.25, -0.2) is 0 Å². The minimum atomic E-state index is 0.593. The van der Waals surface area contributed by atoms with Gasteiger partial charge in [-0.15, -0.1) is 0 Å². The van der Waals surface area contributed by atoms with Gasteiger partial charge in [-0.05, 0) is 30.4 Å². The summed E-state index contributed by atoms with van der Waals surface area (Å²) in [5, 5.41) is 0. The first-order valence-electron chi connectivity index (χ1n) is 5.15. The Morgan fingerprint density at radius 1 is 1.38 bits per heavy atom. The average molecular weight is 178 g/mol. The molecule has 74 valence electrons. The molecule has 0 fully saturated rings. The van der Waals surface area contributed by atoms with Crippen molar-refractivity contribution in [2.45, 2.75) is 40.5 Å². The largest absolute Gasteiger partial charge is 0.0988 e. The minimum absolute atomic E-state index is 0.593. The van der Waals surface area contributed by atoms with Crippen molar-refractivity contribution in [3.8, 4) is 0 Å². The second kappa shape index (κ2) is 6.71. The van der Waals surface area contributed by atoms with Crippen LogP contribution in [0.2, 0.25) is 0 Å². The third kappa shape index (κ3) is 4.12. The highest BCUT2D eigenvalue weighted by atomic mass is 14.1. The molecular formula is C13H22. The lowest BCUT2D eigenvalue weighted by Crippen LogP contribution is -1.95. The Labute approximate surface area is 83.0 Å². The first-order valence-corrected chi connectivity index (χ1v) is 5.15. The SMILES string of the molecule is C=C/C(CCC)=C(\C=C/C)C(C)C. The van der Waals surface area contributed by atoms with Crippen LogP contribution in [-0.2, 0) is 0 Å². The van der Waals surface area contributed by atoms with Crippen molar-refractivity contribution >= 4 is 0 Å². The van der Waals surface area contributed by atoms with E-state index in [1.165, 1.54) is 17.6 Å². The summed E-state index contributed by atoms with van der Waals surface area (Å²) < 4.78 is 0. The maximum Gasteiger partial charge on any atom is -0.0216 e. The molecule has 0 heteroatoms. The zero-order valence-corrected chi connectivity index (χ0v) is 9.43. The molecule has 0 aliphatic carbocycles. The number of hydrogen-bond acceptors (Lipinski definition) is 0. The van der Waals surface area contributed by atoms with Crippen LogP contribution in [0.4, 0.5) is 0 Å². The first-order chi connectivity index (χ1) is 6.17. The van der Waals surface area contributed by atoms with E-state index in [4.69, 9.17) is 0 Å². The van der Waals surface area contributed by atoms with Crippen molar-refractivity contribution in [1.82, 2.24) is 0 Å². The van der Waals surface area contributed by atoms with Crippen LogP contribution in [0, 0.1) is 5.92 Å². The van der Waals surface area contributed by atoms with Crippen LogP contribution < -0.4 is 0 Å². The van der Waals surface area contributed by atoms with Gasteiger partial charge in [0.1, 0.15) is 0 Å². The van der Waals surface area contributed by atoms with Crippen LogP contribution in [0.15, 0.2) is 36.0 Å². The Morgan fingerprint density at radius 2 is 2.00 bits per heavy atom. The highest BCUT2D eigenvalue weighted by Crippen LogP contribution is 2.20. The zero-order chi connectivity index (χ0) is 10.3. The predicted molar refractivity (Wildman–Crippen MR) is 61.8 cm³/mol. The van der Waals surface area contributed by atoms with Gasteiger partial charge in [0, 0.05) is 0 Å². The third-order valence-corrected chi connectivity index (χ3v) is 2.10. The van der Waals surface area contributed by atoms with E-state index < -0.39 is 0 Å². The van der Waals surface area contributed by atoms with Crippen LogP contribution in [0.3, 0.4) is 0 Å². The summed E-state index contributed by atoms with van der Waals surface area (Å²) in [5.41, 5.74) is 2.83. The average Bonchev–Trinajstić information content (AvgIpc) is 2.10. The van der Waals surface area contributed by atoms with Crippen LogP contribution in [0.5, 0.6) is 0 Å². The molecule has 0 bridgehead atoms. The molecule has 0 unspecified atom stereocenters. The Bertz CT molecular complexity index is 204. The molecule has 0 aromatic carbocycles. The number of rotatable bonds is 5. The Kier molecular flexibility index (Phi) is 6.30. The lowest BCUT2D eigenvalue weighted by molar-refractivity contribution is 0.767. The summed E-state index contributed by atoms with van der Waals surface area (Å²) in [4.78, 5) is 0. The van der Waals surface area contributed by atoms with Gasteiger partial charge < -0.3 is 0 Å². The standard InChI is InChI=1S/C13H22/c1-6-9-12(8-3)13(10-7-2)11(4)5/h7-8,10-11H,3,6,9H2,1-2,4-5H3/b10-7-,13-12-. The Hall–Kier alpha value is -0.780. The van der Waals surface area contributed by atoms with Crippen LogP contribution in [0.1, 0.15) is 40.5 Å². The third-order valence-electron chi connectivity index (χ3n) is 2.10. The molecule has 0 N–H and O–H groups in total. The van der Waals surface area contributed by atoms with Gasteiger partial charge in [-0.1, -0.05) is 52.0 Å². The number of hydrogen-bond donors (Lipinski definition) is 0. The van der Waals surface area contributed by atoms with E-state index in [1.807, 2.05) is 6.08 Å². The van der Waals surface area contributed by atoms with E-state index >= 15 is 0 Å². The van der Waals surface area contributed by atoms with E-state index in [-0.39, 0.29) is 0 Å². The lowest BCUT2D eigenvalue weighted by Gasteiger charge is -2.11. The van der Waals surface area contributed by atoms with Crippen LogP contribution in [-0.4, -0.2) is 0 Å². The monoisotopic (exact) mass is 178 g/mol. The molecular weight excluding hydrogens is 156 g/mol. The summed E-state index contributed by atoms with van der Waals surface area (Å²) in [6.07, 6.45) is 8.64. The van der Waals surface area contributed by atoms with E-state index in [0.29, 0.717) is 5.92 Å². The fraction of sp³-hybridized carbons (Fsp3) is 0.538. The van der Waals surface area contributed by atoms with Crippen LogP contribution >= 0.6 is 0 Å². The molecule has 0 nitrogen and oxygen atoms in total. The second-order valence-corrected chi connectivity index (χ2v) is 3.59. The molecule has 0 aliphatic rings. The van der Waals surface area contributed by atoms with Crippen LogP contribution in [0.25, 0.3) is 0 Å². The molecule has 0 rings (SSSR count). The summed E-state index contributed by atoms with van der Waals surface area (Å²) >= 11 is 0. The minimum Gasteiger partial charge on any atom is -0.0988 e. The van der Waals surface area contributed by atoms with E-state index in [2.05, 4.69) is 46.4 Å². The summed E-state index contributed by atoms with van der Waals surface area (Å²) in [7, 11) is 0. The van der Waals surface area contributed by atoms with Crippen molar-refractivity contribution in [2.24, 2.45) is 5.92 Å². The molecule has 0 spiro atoms. The van der Waals surface area contributed by atoms with Crippen molar-refractivity contribution < 1.29 is 0 Å². The van der Waals surface area contributed by atoms with E-state index in [9.17, 15) is 0 Å². The van der Waals surface area contributed by atoms with Crippen molar-refractivity contribution in [1.29, 1.82) is 0 Å². The molecule has 0 saturated carbocycles. The van der Waals surface area contributed by atoms with Gasteiger partial charge in [0.25, 0.3) is 0 Å². The maximum absolute atomic E-state index is 3.87. The maximum atomic E-state index is 3.87. The summed E-state index contributed by atoms with van der Waals surface area (Å²) in [6, 6.07) is 0. The van der Waals surface area contributed by atoms with E-state index in [1.54, 1.807) is 0 Å². The van der Waals surface area contributed by atoms with Gasteiger partial charge in [0.05, 0.1) is 0 Å². The van der Waals surface area contributed by atoms with Crippen molar-refractivity contribution in [3.63, 3.8) is 0 Å². The molecule has 0 saturated heterocycles. The van der Waals surface area contributed by atoms with Crippen molar-refractivity contribution in [2.75, 3.05) is 0 Å². The highest BCUT2D eigenvalue weighted by Gasteiger charge is 2.04. The fourth-order valence-corrected chi connectivity index (χ4v) is 1.48. The number of allylic oxidation sites excluding steroid dienone is 5.